The van der Waals surface area contributed by atoms with E-state index in [-0.39, 0.29) is 12.5 Å². The minimum atomic E-state index is -1.03. The Morgan fingerprint density at radius 2 is 1.96 bits per heavy atom. The number of H-pyrrole nitrogens is 1. The summed E-state index contributed by atoms with van der Waals surface area (Å²) >= 11 is 0. The molecular weight excluding hydrogens is 306 g/mol. The van der Waals surface area contributed by atoms with E-state index < -0.39 is 18.0 Å². The van der Waals surface area contributed by atoms with E-state index in [2.05, 4.69) is 15.6 Å². The number of carbonyl (C=O) groups is 2. The van der Waals surface area contributed by atoms with Gasteiger partial charge in [-0.1, -0.05) is 37.5 Å². The predicted molar refractivity (Wildman–Crippen MR) is 92.0 cm³/mol. The number of benzene rings is 1. The number of rotatable bonds is 5. The van der Waals surface area contributed by atoms with Crippen molar-refractivity contribution in [3.8, 4) is 0 Å². The maximum atomic E-state index is 12.1. The molecular formula is C18H23N3O3. The molecule has 1 heterocycles. The second-order valence-electron chi connectivity index (χ2n) is 6.41. The van der Waals surface area contributed by atoms with Gasteiger partial charge in [0.05, 0.1) is 0 Å². The molecule has 0 saturated heterocycles. The van der Waals surface area contributed by atoms with Crippen LogP contribution in [0.3, 0.4) is 0 Å². The molecule has 0 spiro atoms. The quantitative estimate of drug-likeness (QED) is 0.679. The Hall–Kier alpha value is -2.50. The molecule has 4 N–H and O–H groups in total. The average Bonchev–Trinajstić information content (AvgIpc) is 2.98. The third kappa shape index (κ3) is 3.88. The lowest BCUT2D eigenvalue weighted by Gasteiger charge is -2.24. The van der Waals surface area contributed by atoms with Crippen molar-refractivity contribution >= 4 is 22.9 Å². The van der Waals surface area contributed by atoms with E-state index in [4.69, 9.17) is 0 Å². The van der Waals surface area contributed by atoms with Crippen molar-refractivity contribution in [3.63, 3.8) is 0 Å². The van der Waals surface area contributed by atoms with E-state index in [1.165, 1.54) is 6.42 Å². The Bertz CT molecular complexity index is 719. The highest BCUT2D eigenvalue weighted by molar-refractivity contribution is 5.86. The third-order valence-electron chi connectivity index (χ3n) is 4.64. The second kappa shape index (κ2) is 7.38. The van der Waals surface area contributed by atoms with Crippen LogP contribution in [0.1, 0.15) is 37.7 Å². The van der Waals surface area contributed by atoms with Gasteiger partial charge in [-0.25, -0.2) is 9.59 Å². The van der Waals surface area contributed by atoms with E-state index >= 15 is 0 Å². The van der Waals surface area contributed by atoms with Crippen LogP contribution < -0.4 is 10.6 Å². The van der Waals surface area contributed by atoms with E-state index in [1.54, 1.807) is 6.20 Å². The number of para-hydroxylation sites is 1. The van der Waals surface area contributed by atoms with Gasteiger partial charge in [0, 0.05) is 29.6 Å². The van der Waals surface area contributed by atoms with Gasteiger partial charge in [-0.15, -0.1) is 0 Å². The summed E-state index contributed by atoms with van der Waals surface area (Å²) in [7, 11) is 0. The van der Waals surface area contributed by atoms with Gasteiger partial charge in [0.2, 0.25) is 0 Å². The topological polar surface area (TPSA) is 94.2 Å². The molecule has 0 radical (unpaired) electrons. The lowest BCUT2D eigenvalue weighted by atomic mass is 9.96. The largest absolute Gasteiger partial charge is 0.480 e. The molecule has 0 unspecified atom stereocenters. The molecule has 6 heteroatoms. The van der Waals surface area contributed by atoms with E-state index in [1.807, 2.05) is 24.3 Å². The maximum Gasteiger partial charge on any atom is 0.326 e. The summed E-state index contributed by atoms with van der Waals surface area (Å²) in [5.74, 6) is -1.03. The minimum Gasteiger partial charge on any atom is -0.480 e. The van der Waals surface area contributed by atoms with Crippen LogP contribution in [0, 0.1) is 0 Å². The summed E-state index contributed by atoms with van der Waals surface area (Å²) in [5.41, 5.74) is 1.85. The van der Waals surface area contributed by atoms with Crippen LogP contribution in [0.4, 0.5) is 4.79 Å². The van der Waals surface area contributed by atoms with Crippen molar-refractivity contribution < 1.29 is 14.7 Å². The Morgan fingerprint density at radius 3 is 2.71 bits per heavy atom. The number of aliphatic carboxylic acids is 1. The highest BCUT2D eigenvalue weighted by Gasteiger charge is 2.23. The zero-order chi connectivity index (χ0) is 16.9. The molecule has 0 bridgehead atoms. The molecule has 1 aliphatic carbocycles. The van der Waals surface area contributed by atoms with E-state index in [9.17, 15) is 14.7 Å². The van der Waals surface area contributed by atoms with Gasteiger partial charge in [0.1, 0.15) is 6.04 Å². The van der Waals surface area contributed by atoms with E-state index in [0.717, 1.165) is 42.1 Å². The molecule has 1 aromatic heterocycles. The summed E-state index contributed by atoms with van der Waals surface area (Å²) in [6.45, 7) is 0. The Morgan fingerprint density at radius 1 is 1.21 bits per heavy atom. The van der Waals surface area contributed by atoms with Gasteiger partial charge >= 0.3 is 12.0 Å². The average molecular weight is 329 g/mol. The smallest absolute Gasteiger partial charge is 0.326 e. The van der Waals surface area contributed by atoms with Crippen molar-refractivity contribution in [1.82, 2.24) is 15.6 Å². The Labute approximate surface area is 140 Å². The van der Waals surface area contributed by atoms with Crippen molar-refractivity contribution in [2.24, 2.45) is 0 Å². The van der Waals surface area contributed by atoms with Gasteiger partial charge in [-0.2, -0.15) is 0 Å². The van der Waals surface area contributed by atoms with E-state index in [0.29, 0.717) is 0 Å². The lowest BCUT2D eigenvalue weighted by molar-refractivity contribution is -0.139. The molecule has 1 atom stereocenters. The molecule has 1 fully saturated rings. The monoisotopic (exact) mass is 329 g/mol. The van der Waals surface area contributed by atoms with Crippen LogP contribution in [0.5, 0.6) is 0 Å². The molecule has 1 aromatic carbocycles. The molecule has 0 aliphatic heterocycles. The lowest BCUT2D eigenvalue weighted by Crippen LogP contribution is -2.50. The molecule has 2 amide bonds. The summed E-state index contributed by atoms with van der Waals surface area (Å²) < 4.78 is 0. The molecule has 24 heavy (non-hydrogen) atoms. The normalized spacial score (nSPS) is 16.7. The number of nitrogens with one attached hydrogen (secondary N) is 3. The van der Waals surface area contributed by atoms with Gasteiger partial charge < -0.3 is 20.7 Å². The maximum absolute atomic E-state index is 12.1. The third-order valence-corrected chi connectivity index (χ3v) is 4.64. The van der Waals surface area contributed by atoms with Crippen LogP contribution in [-0.2, 0) is 11.2 Å². The number of amides is 2. The van der Waals surface area contributed by atoms with Gasteiger partial charge in [-0.05, 0) is 24.5 Å². The van der Waals surface area contributed by atoms with Crippen LogP contribution >= 0.6 is 0 Å². The summed E-state index contributed by atoms with van der Waals surface area (Å²) in [4.78, 5) is 26.8. The standard InChI is InChI=1S/C18H23N3O3/c22-17(23)16(21-18(24)20-13-6-2-1-3-7-13)10-12-11-19-15-9-5-4-8-14(12)15/h4-5,8-9,11,13,16,19H,1-3,6-7,10H2,(H,22,23)(H2,20,21,24)/t16-/m0/s1. The van der Waals surface area contributed by atoms with Crippen LogP contribution in [-0.4, -0.2) is 34.2 Å². The fourth-order valence-electron chi connectivity index (χ4n) is 3.35. The number of aromatic nitrogens is 1. The first-order chi connectivity index (χ1) is 11.6. The van der Waals surface area contributed by atoms with Crippen molar-refractivity contribution in [2.75, 3.05) is 0 Å². The molecule has 2 aromatic rings. The highest BCUT2D eigenvalue weighted by Crippen LogP contribution is 2.19. The zero-order valence-electron chi connectivity index (χ0n) is 13.5. The SMILES string of the molecule is O=C(NC1CCCCC1)N[C@@H](Cc1c[nH]c2ccccc12)C(=O)O. The Balaban J connectivity index is 1.64. The number of carboxylic acid groups (broad SMARTS) is 1. The summed E-state index contributed by atoms with van der Waals surface area (Å²) in [6.07, 6.45) is 7.42. The van der Waals surface area contributed by atoms with Gasteiger partial charge in [0.25, 0.3) is 0 Å². The number of hydrogen-bond donors (Lipinski definition) is 4. The summed E-state index contributed by atoms with van der Waals surface area (Å²) in [5, 5.41) is 15.9. The molecule has 1 aliphatic rings. The van der Waals surface area contributed by atoms with Crippen LogP contribution in [0.25, 0.3) is 10.9 Å². The number of carbonyl (C=O) groups excluding carboxylic acids is 1. The first-order valence-corrected chi connectivity index (χ1v) is 8.48. The molecule has 1 saturated carbocycles. The van der Waals surface area contributed by atoms with Crippen LogP contribution in [0.15, 0.2) is 30.5 Å². The zero-order valence-corrected chi connectivity index (χ0v) is 13.5. The van der Waals surface area contributed by atoms with Crippen molar-refractivity contribution in [1.29, 1.82) is 0 Å². The first-order valence-electron chi connectivity index (χ1n) is 8.48. The highest BCUT2D eigenvalue weighted by atomic mass is 16.4. The second-order valence-corrected chi connectivity index (χ2v) is 6.41. The number of fused-ring (bicyclic) bond motifs is 1. The summed E-state index contributed by atoms with van der Waals surface area (Å²) in [6, 6.07) is 6.54. The number of hydrogen-bond acceptors (Lipinski definition) is 2. The predicted octanol–water partition coefficient (Wildman–Crippen LogP) is 2.80. The molecule has 6 nitrogen and oxygen atoms in total. The fraction of sp³-hybridized carbons (Fsp3) is 0.444. The van der Waals surface area contributed by atoms with Crippen LogP contribution in [0.2, 0.25) is 0 Å². The Kier molecular flexibility index (Phi) is 5.03. The van der Waals surface area contributed by atoms with Gasteiger partial charge in [-0.3, -0.25) is 0 Å². The van der Waals surface area contributed by atoms with Gasteiger partial charge in [0.15, 0.2) is 0 Å². The van der Waals surface area contributed by atoms with Crippen molar-refractivity contribution in [2.45, 2.75) is 50.6 Å². The minimum absolute atomic E-state index is 0.154. The first kappa shape index (κ1) is 16.4. The van der Waals surface area contributed by atoms with Crippen molar-refractivity contribution in [3.05, 3.63) is 36.0 Å². The molecule has 128 valence electrons. The molecule has 3 rings (SSSR count). The number of carboxylic acids is 1. The number of aromatic amines is 1. The fourth-order valence-corrected chi connectivity index (χ4v) is 3.35. The number of urea groups is 1.